The zero-order valence-corrected chi connectivity index (χ0v) is 12.1. The second-order valence-electron chi connectivity index (χ2n) is 5.74. The van der Waals surface area contributed by atoms with Crippen LogP contribution in [0.2, 0.25) is 0 Å². The van der Waals surface area contributed by atoms with Crippen molar-refractivity contribution in [2.75, 3.05) is 0 Å². The molecule has 2 aromatic carbocycles. The molecule has 1 N–H and O–H groups in total. The normalized spacial score (nSPS) is 15.4. The Morgan fingerprint density at radius 2 is 1.77 bits per heavy atom. The standard InChI is InChI=1S/C18H17F2NO/c19-15-5-1-3-12(9-15)10-17(22)21-18(13-7-8-13)14-4-2-6-16(20)11-14/h1-6,9,11,13,18H,7-8,10H2,(H,21,22)/t18-/m0/s1. The number of rotatable bonds is 5. The third-order valence-electron chi connectivity index (χ3n) is 3.87. The van der Waals surface area contributed by atoms with Crippen molar-refractivity contribution >= 4 is 5.91 Å². The summed E-state index contributed by atoms with van der Waals surface area (Å²) in [6.07, 6.45) is 2.18. The zero-order chi connectivity index (χ0) is 15.5. The Kier molecular flexibility index (Phi) is 4.18. The van der Waals surface area contributed by atoms with Crippen LogP contribution in [0.4, 0.5) is 8.78 Å². The van der Waals surface area contributed by atoms with Crippen LogP contribution in [0, 0.1) is 17.6 Å². The van der Waals surface area contributed by atoms with Crippen molar-refractivity contribution in [1.82, 2.24) is 5.32 Å². The molecule has 2 aromatic rings. The van der Waals surface area contributed by atoms with Gasteiger partial charge >= 0.3 is 0 Å². The first kappa shape index (κ1) is 14.7. The molecule has 0 saturated heterocycles. The highest BCUT2D eigenvalue weighted by molar-refractivity contribution is 5.79. The van der Waals surface area contributed by atoms with Gasteiger partial charge in [-0.2, -0.15) is 0 Å². The van der Waals surface area contributed by atoms with Crippen molar-refractivity contribution in [3.05, 3.63) is 71.3 Å². The zero-order valence-electron chi connectivity index (χ0n) is 12.1. The quantitative estimate of drug-likeness (QED) is 0.895. The fourth-order valence-electron chi connectivity index (χ4n) is 2.66. The summed E-state index contributed by atoms with van der Waals surface area (Å²) in [7, 11) is 0. The van der Waals surface area contributed by atoms with Crippen LogP contribution in [0.1, 0.15) is 30.0 Å². The molecule has 2 nitrogen and oxygen atoms in total. The Morgan fingerprint density at radius 1 is 1.09 bits per heavy atom. The third-order valence-corrected chi connectivity index (χ3v) is 3.87. The number of halogens is 2. The predicted molar refractivity (Wildman–Crippen MR) is 80.1 cm³/mol. The minimum Gasteiger partial charge on any atom is -0.349 e. The van der Waals surface area contributed by atoms with Gasteiger partial charge in [0, 0.05) is 0 Å². The summed E-state index contributed by atoms with van der Waals surface area (Å²) in [5, 5.41) is 2.96. The number of carbonyl (C=O) groups is 1. The minimum atomic E-state index is -0.353. The van der Waals surface area contributed by atoms with E-state index < -0.39 is 0 Å². The molecule has 0 spiro atoms. The molecule has 3 rings (SSSR count). The van der Waals surface area contributed by atoms with Gasteiger partial charge < -0.3 is 5.32 Å². The molecule has 4 heteroatoms. The SMILES string of the molecule is O=C(Cc1cccc(F)c1)N[C@H](c1cccc(F)c1)C1CC1. The molecule has 0 unspecified atom stereocenters. The largest absolute Gasteiger partial charge is 0.349 e. The van der Waals surface area contributed by atoms with E-state index >= 15 is 0 Å². The van der Waals surface area contributed by atoms with Crippen LogP contribution < -0.4 is 5.32 Å². The van der Waals surface area contributed by atoms with E-state index in [2.05, 4.69) is 5.32 Å². The van der Waals surface area contributed by atoms with Gasteiger partial charge in [0.05, 0.1) is 12.5 Å². The van der Waals surface area contributed by atoms with Gasteiger partial charge in [0.1, 0.15) is 11.6 Å². The number of benzene rings is 2. The first-order valence-electron chi connectivity index (χ1n) is 7.41. The summed E-state index contributed by atoms with van der Waals surface area (Å²) >= 11 is 0. The van der Waals surface area contributed by atoms with E-state index in [0.717, 1.165) is 18.4 Å². The maximum absolute atomic E-state index is 13.4. The smallest absolute Gasteiger partial charge is 0.224 e. The molecule has 1 aliphatic rings. The van der Waals surface area contributed by atoms with Crippen LogP contribution in [0.3, 0.4) is 0 Å². The second-order valence-corrected chi connectivity index (χ2v) is 5.74. The summed E-state index contributed by atoms with van der Waals surface area (Å²) in [6.45, 7) is 0. The lowest BCUT2D eigenvalue weighted by Crippen LogP contribution is -2.31. The minimum absolute atomic E-state index is 0.121. The fourth-order valence-corrected chi connectivity index (χ4v) is 2.66. The number of amides is 1. The topological polar surface area (TPSA) is 29.1 Å². The molecular formula is C18H17F2NO. The van der Waals surface area contributed by atoms with E-state index in [0.29, 0.717) is 11.5 Å². The van der Waals surface area contributed by atoms with Crippen molar-refractivity contribution in [2.45, 2.75) is 25.3 Å². The monoisotopic (exact) mass is 301 g/mol. The molecule has 0 radical (unpaired) electrons. The Hall–Kier alpha value is -2.23. The molecule has 1 amide bonds. The average Bonchev–Trinajstić information content (AvgIpc) is 3.29. The van der Waals surface area contributed by atoms with Crippen LogP contribution >= 0.6 is 0 Å². The molecule has 114 valence electrons. The summed E-state index contributed by atoms with van der Waals surface area (Å²) in [6, 6.07) is 12.2. The van der Waals surface area contributed by atoms with E-state index in [1.165, 1.54) is 24.3 Å². The highest BCUT2D eigenvalue weighted by Crippen LogP contribution is 2.41. The van der Waals surface area contributed by atoms with Gasteiger partial charge in [-0.05, 0) is 54.2 Å². The number of hydrogen-bond donors (Lipinski definition) is 1. The molecule has 1 aliphatic carbocycles. The molecular weight excluding hydrogens is 284 g/mol. The number of hydrogen-bond acceptors (Lipinski definition) is 1. The Bertz CT molecular complexity index is 682. The summed E-state index contributed by atoms with van der Waals surface area (Å²) in [5.74, 6) is -0.471. The van der Waals surface area contributed by atoms with Gasteiger partial charge in [-0.1, -0.05) is 24.3 Å². The van der Waals surface area contributed by atoms with Crippen LogP contribution in [0.25, 0.3) is 0 Å². The first-order valence-corrected chi connectivity index (χ1v) is 7.41. The lowest BCUT2D eigenvalue weighted by atomic mass is 10.0. The highest BCUT2D eigenvalue weighted by atomic mass is 19.1. The number of carbonyl (C=O) groups excluding carboxylic acids is 1. The lowest BCUT2D eigenvalue weighted by Gasteiger charge is -2.19. The predicted octanol–water partition coefficient (Wildman–Crippen LogP) is 3.77. The molecule has 0 aromatic heterocycles. The van der Waals surface area contributed by atoms with E-state index in [-0.39, 0.29) is 30.0 Å². The van der Waals surface area contributed by atoms with Crippen molar-refractivity contribution < 1.29 is 13.6 Å². The lowest BCUT2D eigenvalue weighted by molar-refractivity contribution is -0.121. The van der Waals surface area contributed by atoms with Crippen LogP contribution in [0.15, 0.2) is 48.5 Å². The Balaban J connectivity index is 1.70. The van der Waals surface area contributed by atoms with Crippen molar-refractivity contribution in [3.8, 4) is 0 Å². The molecule has 0 bridgehead atoms. The highest BCUT2D eigenvalue weighted by Gasteiger charge is 2.33. The molecule has 1 saturated carbocycles. The van der Waals surface area contributed by atoms with E-state index in [1.54, 1.807) is 18.2 Å². The summed E-state index contributed by atoms with van der Waals surface area (Å²) in [4.78, 5) is 12.2. The van der Waals surface area contributed by atoms with Crippen LogP contribution in [-0.2, 0) is 11.2 Å². The molecule has 1 fully saturated rings. The maximum Gasteiger partial charge on any atom is 0.224 e. The van der Waals surface area contributed by atoms with Crippen molar-refractivity contribution in [3.63, 3.8) is 0 Å². The van der Waals surface area contributed by atoms with E-state index in [1.807, 2.05) is 6.07 Å². The molecule has 1 atom stereocenters. The van der Waals surface area contributed by atoms with Gasteiger partial charge in [0.2, 0.25) is 5.91 Å². The van der Waals surface area contributed by atoms with E-state index in [4.69, 9.17) is 0 Å². The molecule has 22 heavy (non-hydrogen) atoms. The van der Waals surface area contributed by atoms with Gasteiger partial charge in [0.15, 0.2) is 0 Å². The number of nitrogens with one attached hydrogen (secondary N) is 1. The van der Waals surface area contributed by atoms with E-state index in [9.17, 15) is 13.6 Å². The van der Waals surface area contributed by atoms with Crippen LogP contribution in [-0.4, -0.2) is 5.91 Å². The van der Waals surface area contributed by atoms with Gasteiger partial charge in [-0.3, -0.25) is 4.79 Å². The molecule has 0 aliphatic heterocycles. The second kappa shape index (κ2) is 6.26. The van der Waals surface area contributed by atoms with Crippen molar-refractivity contribution in [1.29, 1.82) is 0 Å². The first-order chi connectivity index (χ1) is 10.6. The summed E-state index contributed by atoms with van der Waals surface area (Å²) < 4.78 is 26.5. The molecule has 0 heterocycles. The van der Waals surface area contributed by atoms with Crippen molar-refractivity contribution in [2.24, 2.45) is 5.92 Å². The van der Waals surface area contributed by atoms with Gasteiger partial charge in [-0.25, -0.2) is 8.78 Å². The Labute approximate surface area is 128 Å². The fraction of sp³-hybridized carbons (Fsp3) is 0.278. The van der Waals surface area contributed by atoms with Gasteiger partial charge in [-0.15, -0.1) is 0 Å². The van der Waals surface area contributed by atoms with Gasteiger partial charge in [0.25, 0.3) is 0 Å². The third kappa shape index (κ3) is 3.70. The maximum atomic E-state index is 13.4. The Morgan fingerprint density at radius 3 is 2.41 bits per heavy atom. The van der Waals surface area contributed by atoms with Crippen LogP contribution in [0.5, 0.6) is 0 Å². The average molecular weight is 301 g/mol. The summed E-state index contributed by atoms with van der Waals surface area (Å²) in [5.41, 5.74) is 1.42.